The Labute approximate surface area is 142 Å². The monoisotopic (exact) mass is 347 g/mol. The molecule has 0 unspecified atom stereocenters. The van der Waals surface area contributed by atoms with Gasteiger partial charge in [0, 0.05) is 12.1 Å². The molecule has 0 aliphatic rings. The second-order valence-corrected chi connectivity index (χ2v) is 7.62. The fraction of sp³-hybridized carbons (Fsp3) is 0.278. The fourth-order valence-electron chi connectivity index (χ4n) is 2.18. The molecule has 0 radical (unpaired) electrons. The van der Waals surface area contributed by atoms with Crippen molar-refractivity contribution in [2.24, 2.45) is 0 Å². The fourth-order valence-corrected chi connectivity index (χ4v) is 3.49. The zero-order valence-corrected chi connectivity index (χ0v) is 14.6. The molecule has 2 aromatic carbocycles. The predicted octanol–water partition coefficient (Wildman–Crippen LogP) is 3.20. The van der Waals surface area contributed by atoms with Gasteiger partial charge < -0.3 is 10.1 Å². The molecule has 6 heteroatoms. The number of hydrogen-bond acceptors (Lipinski definition) is 4. The average molecular weight is 347 g/mol. The highest BCUT2D eigenvalue weighted by molar-refractivity contribution is 7.91. The molecule has 0 atom stereocenters. The highest BCUT2D eigenvalue weighted by Gasteiger charge is 2.15. The maximum atomic E-state index is 12.2. The third-order valence-corrected chi connectivity index (χ3v) is 5.39. The molecule has 128 valence electrons. The molecule has 0 spiro atoms. The lowest BCUT2D eigenvalue weighted by atomic mass is 10.2. The van der Waals surface area contributed by atoms with E-state index in [1.807, 2.05) is 31.2 Å². The van der Waals surface area contributed by atoms with Gasteiger partial charge >= 0.3 is 0 Å². The molecule has 0 saturated carbocycles. The lowest BCUT2D eigenvalue weighted by Crippen LogP contribution is -2.14. The van der Waals surface area contributed by atoms with Crippen LogP contribution in [-0.2, 0) is 14.6 Å². The first-order valence-corrected chi connectivity index (χ1v) is 9.29. The Morgan fingerprint density at radius 2 is 1.67 bits per heavy atom. The van der Waals surface area contributed by atoms with Gasteiger partial charge in [0.1, 0.15) is 5.75 Å². The number of amides is 1. The van der Waals surface area contributed by atoms with Crippen LogP contribution in [0.3, 0.4) is 0 Å². The van der Waals surface area contributed by atoms with E-state index >= 15 is 0 Å². The minimum atomic E-state index is -3.39. The van der Waals surface area contributed by atoms with Crippen LogP contribution in [0.5, 0.6) is 5.75 Å². The maximum Gasteiger partial charge on any atom is 0.224 e. The summed E-state index contributed by atoms with van der Waals surface area (Å²) >= 11 is 0. The van der Waals surface area contributed by atoms with Gasteiger partial charge in [0.2, 0.25) is 5.91 Å². The molecule has 0 aliphatic carbocycles. The smallest absolute Gasteiger partial charge is 0.224 e. The Morgan fingerprint density at radius 1 is 1.04 bits per heavy atom. The molecular formula is C18H21NO4S. The highest BCUT2D eigenvalue weighted by atomic mass is 32.2. The van der Waals surface area contributed by atoms with E-state index in [-0.39, 0.29) is 29.4 Å². The molecule has 1 N–H and O–H groups in total. The number of anilines is 1. The van der Waals surface area contributed by atoms with Gasteiger partial charge in [-0.3, -0.25) is 4.79 Å². The molecule has 1 amide bonds. The van der Waals surface area contributed by atoms with E-state index in [0.29, 0.717) is 11.4 Å². The summed E-state index contributed by atoms with van der Waals surface area (Å²) in [4.78, 5) is 12.1. The number of hydrogen-bond donors (Lipinski definition) is 1. The van der Waals surface area contributed by atoms with Gasteiger partial charge in [-0.25, -0.2) is 8.42 Å². The summed E-state index contributed by atoms with van der Waals surface area (Å²) in [5.41, 5.74) is 1.82. The average Bonchev–Trinajstić information content (AvgIpc) is 2.57. The van der Waals surface area contributed by atoms with Crippen LogP contribution in [0.4, 0.5) is 5.69 Å². The van der Waals surface area contributed by atoms with Gasteiger partial charge in [-0.1, -0.05) is 17.7 Å². The second-order valence-electron chi connectivity index (χ2n) is 5.51. The number of benzene rings is 2. The number of methoxy groups -OCH3 is 1. The van der Waals surface area contributed by atoms with Gasteiger partial charge in [0.15, 0.2) is 9.84 Å². The number of aryl methyl sites for hydroxylation is 1. The maximum absolute atomic E-state index is 12.2. The molecule has 0 aromatic heterocycles. The van der Waals surface area contributed by atoms with Crippen LogP contribution < -0.4 is 10.1 Å². The van der Waals surface area contributed by atoms with Crippen molar-refractivity contribution in [1.82, 2.24) is 0 Å². The van der Waals surface area contributed by atoms with Crippen LogP contribution in [0.2, 0.25) is 0 Å². The number of nitrogens with one attached hydrogen (secondary N) is 1. The Bertz CT molecular complexity index is 781. The van der Waals surface area contributed by atoms with Crippen molar-refractivity contribution in [3.05, 3.63) is 54.1 Å². The summed E-state index contributed by atoms with van der Waals surface area (Å²) in [6.07, 6.45) is 0.426. The number of carbonyl (C=O) groups excluding carboxylic acids is 1. The van der Waals surface area contributed by atoms with Crippen LogP contribution in [0.15, 0.2) is 53.4 Å². The topological polar surface area (TPSA) is 72.5 Å². The molecule has 0 bridgehead atoms. The van der Waals surface area contributed by atoms with E-state index < -0.39 is 9.84 Å². The minimum Gasteiger partial charge on any atom is -0.497 e. The molecule has 5 nitrogen and oxygen atoms in total. The van der Waals surface area contributed by atoms with Gasteiger partial charge in [-0.15, -0.1) is 0 Å². The summed E-state index contributed by atoms with van der Waals surface area (Å²) in [5, 5.41) is 2.76. The van der Waals surface area contributed by atoms with Crippen LogP contribution in [0.1, 0.15) is 18.4 Å². The first-order valence-electron chi connectivity index (χ1n) is 7.64. The number of sulfone groups is 1. The van der Waals surface area contributed by atoms with Gasteiger partial charge in [-0.2, -0.15) is 0 Å². The Kier molecular flexibility index (Phi) is 5.98. The third kappa shape index (κ3) is 5.09. The zero-order valence-electron chi connectivity index (χ0n) is 13.8. The molecule has 0 heterocycles. The van der Waals surface area contributed by atoms with Gasteiger partial charge in [0.25, 0.3) is 0 Å². The molecular weight excluding hydrogens is 326 g/mol. The largest absolute Gasteiger partial charge is 0.497 e. The third-order valence-electron chi connectivity index (χ3n) is 3.57. The van der Waals surface area contributed by atoms with E-state index in [1.165, 1.54) is 19.2 Å². The minimum absolute atomic E-state index is 0.0688. The zero-order chi connectivity index (χ0) is 17.6. The molecule has 24 heavy (non-hydrogen) atoms. The van der Waals surface area contributed by atoms with E-state index in [0.717, 1.165) is 5.56 Å². The SMILES string of the molecule is COc1ccc(S(=O)(=O)CCCC(=O)Nc2ccc(C)cc2)cc1. The molecule has 2 aromatic rings. The normalized spacial score (nSPS) is 11.1. The summed E-state index contributed by atoms with van der Waals surface area (Å²) in [7, 11) is -1.87. The van der Waals surface area contributed by atoms with Crippen molar-refractivity contribution < 1.29 is 17.9 Å². The van der Waals surface area contributed by atoms with Gasteiger partial charge in [-0.05, 0) is 49.7 Å². The lowest BCUT2D eigenvalue weighted by molar-refractivity contribution is -0.116. The summed E-state index contributed by atoms with van der Waals surface area (Å²) in [6.45, 7) is 1.97. The van der Waals surface area contributed by atoms with E-state index in [9.17, 15) is 13.2 Å². The van der Waals surface area contributed by atoms with Crippen LogP contribution in [0, 0.1) is 6.92 Å². The van der Waals surface area contributed by atoms with Gasteiger partial charge in [0.05, 0.1) is 17.8 Å². The first-order chi connectivity index (χ1) is 11.4. The summed E-state index contributed by atoms with van der Waals surface area (Å²) in [6, 6.07) is 13.7. The highest BCUT2D eigenvalue weighted by Crippen LogP contribution is 2.18. The van der Waals surface area contributed by atoms with Crippen molar-refractivity contribution in [3.63, 3.8) is 0 Å². The summed E-state index contributed by atoms with van der Waals surface area (Å²) < 4.78 is 29.5. The van der Waals surface area contributed by atoms with Crippen molar-refractivity contribution in [2.45, 2.75) is 24.7 Å². The van der Waals surface area contributed by atoms with Crippen molar-refractivity contribution >= 4 is 21.4 Å². The van der Waals surface area contributed by atoms with E-state index in [4.69, 9.17) is 4.74 Å². The Morgan fingerprint density at radius 3 is 2.25 bits per heavy atom. The number of ether oxygens (including phenoxy) is 1. The second kappa shape index (κ2) is 7.97. The molecule has 0 saturated heterocycles. The first kappa shape index (κ1) is 18.0. The van der Waals surface area contributed by atoms with E-state index in [2.05, 4.69) is 5.32 Å². The Hall–Kier alpha value is -2.34. The van der Waals surface area contributed by atoms with Crippen LogP contribution >= 0.6 is 0 Å². The lowest BCUT2D eigenvalue weighted by Gasteiger charge is -2.07. The van der Waals surface area contributed by atoms with E-state index in [1.54, 1.807) is 12.1 Å². The number of rotatable bonds is 7. The van der Waals surface area contributed by atoms with Crippen LogP contribution in [0.25, 0.3) is 0 Å². The standard InChI is InChI=1S/C18H21NO4S/c1-14-5-7-15(8-6-14)19-18(20)4-3-13-24(21,22)17-11-9-16(23-2)10-12-17/h5-12H,3-4,13H2,1-2H3,(H,19,20). The predicted molar refractivity (Wildman–Crippen MR) is 94.1 cm³/mol. The molecule has 0 fully saturated rings. The van der Waals surface area contributed by atoms with Crippen molar-refractivity contribution in [3.8, 4) is 5.75 Å². The quantitative estimate of drug-likeness (QED) is 0.835. The van der Waals surface area contributed by atoms with Crippen molar-refractivity contribution in [2.75, 3.05) is 18.2 Å². The summed E-state index contributed by atoms with van der Waals surface area (Å²) in [5.74, 6) is 0.343. The van der Waals surface area contributed by atoms with Crippen LogP contribution in [-0.4, -0.2) is 27.2 Å². The molecule has 0 aliphatic heterocycles. The van der Waals surface area contributed by atoms with Crippen molar-refractivity contribution in [1.29, 1.82) is 0 Å². The molecule has 2 rings (SSSR count). The Balaban J connectivity index is 1.85. The number of carbonyl (C=O) groups is 1.